The molecule has 1 rings (SSSR count). The third kappa shape index (κ3) is 3.88. The fraction of sp³-hybridized carbons (Fsp3) is 0.417. The third-order valence-corrected chi connectivity index (χ3v) is 2.68. The summed E-state index contributed by atoms with van der Waals surface area (Å²) in [5.74, 6) is -0.686. The van der Waals surface area contributed by atoms with Gasteiger partial charge in [-0.15, -0.1) is 0 Å². The van der Waals surface area contributed by atoms with Crippen molar-refractivity contribution in [1.82, 2.24) is 0 Å². The minimum atomic E-state index is -1.01. The van der Waals surface area contributed by atoms with Gasteiger partial charge in [0.15, 0.2) is 5.75 Å². The van der Waals surface area contributed by atoms with E-state index in [9.17, 15) is 25.0 Å². The Morgan fingerprint density at radius 3 is 2.33 bits per heavy atom. The summed E-state index contributed by atoms with van der Waals surface area (Å²) in [7, 11) is 1.22. The molecule has 0 saturated heterocycles. The molecule has 0 bridgehead atoms. The van der Waals surface area contributed by atoms with E-state index in [1.54, 1.807) is 13.8 Å². The maximum atomic E-state index is 11.5. The van der Waals surface area contributed by atoms with Gasteiger partial charge in [0, 0.05) is 6.07 Å². The van der Waals surface area contributed by atoms with Gasteiger partial charge in [-0.2, -0.15) is 0 Å². The van der Waals surface area contributed by atoms with Crippen LogP contribution in [0.2, 0.25) is 0 Å². The number of hydrogen-bond acceptors (Lipinski definition) is 7. The fourth-order valence-corrected chi connectivity index (χ4v) is 1.48. The van der Waals surface area contributed by atoms with E-state index in [1.165, 1.54) is 7.11 Å². The topological polar surface area (TPSA) is 122 Å². The van der Waals surface area contributed by atoms with E-state index < -0.39 is 32.6 Å². The van der Waals surface area contributed by atoms with Crippen molar-refractivity contribution in [3.05, 3.63) is 38.4 Å². The highest BCUT2D eigenvalue weighted by molar-refractivity contribution is 5.76. The van der Waals surface area contributed by atoms with Crippen LogP contribution in [0.4, 0.5) is 11.4 Å². The summed E-state index contributed by atoms with van der Waals surface area (Å²) in [5, 5.41) is 21.5. The van der Waals surface area contributed by atoms with Gasteiger partial charge in [0.1, 0.15) is 6.61 Å². The average molecular weight is 298 g/mol. The van der Waals surface area contributed by atoms with Crippen LogP contribution in [0.1, 0.15) is 13.8 Å². The molecule has 9 heteroatoms. The number of non-ortho nitro benzene ring substituents is 1. The number of benzene rings is 1. The SMILES string of the molecule is COC(=O)C(C)(C)COc1ccc([N+](=O)[O-])cc1[N+](=O)[O-]. The van der Waals surface area contributed by atoms with Crippen LogP contribution >= 0.6 is 0 Å². The first-order valence-electron chi connectivity index (χ1n) is 5.83. The van der Waals surface area contributed by atoms with E-state index >= 15 is 0 Å². The van der Waals surface area contributed by atoms with Crippen molar-refractivity contribution in [2.75, 3.05) is 13.7 Å². The van der Waals surface area contributed by atoms with Crippen molar-refractivity contribution >= 4 is 17.3 Å². The third-order valence-electron chi connectivity index (χ3n) is 2.68. The van der Waals surface area contributed by atoms with E-state index in [2.05, 4.69) is 4.74 Å². The van der Waals surface area contributed by atoms with E-state index in [4.69, 9.17) is 4.74 Å². The Hall–Kier alpha value is -2.71. The number of carbonyl (C=O) groups is 1. The number of nitro groups is 2. The number of rotatable bonds is 6. The molecular formula is C12H14N2O7. The standard InChI is InChI=1S/C12H14N2O7/c1-12(2,11(15)20-3)7-21-10-5-4-8(13(16)17)6-9(10)14(18)19/h4-6H,7H2,1-3H3. The molecule has 0 amide bonds. The zero-order valence-corrected chi connectivity index (χ0v) is 11.7. The summed E-state index contributed by atoms with van der Waals surface area (Å²) in [6.07, 6.45) is 0. The van der Waals surface area contributed by atoms with Gasteiger partial charge in [0.2, 0.25) is 0 Å². The van der Waals surface area contributed by atoms with Crippen molar-refractivity contribution in [2.45, 2.75) is 13.8 Å². The van der Waals surface area contributed by atoms with Gasteiger partial charge in [-0.1, -0.05) is 0 Å². The summed E-state index contributed by atoms with van der Waals surface area (Å²) >= 11 is 0. The lowest BCUT2D eigenvalue weighted by Crippen LogP contribution is -2.32. The summed E-state index contributed by atoms with van der Waals surface area (Å²) < 4.78 is 9.85. The minimum absolute atomic E-state index is 0.150. The van der Waals surface area contributed by atoms with Gasteiger partial charge in [-0.25, -0.2) is 0 Å². The summed E-state index contributed by atoms with van der Waals surface area (Å²) in [5.41, 5.74) is -1.96. The average Bonchev–Trinajstić information content (AvgIpc) is 2.43. The van der Waals surface area contributed by atoms with Crippen molar-refractivity contribution in [1.29, 1.82) is 0 Å². The number of hydrogen-bond donors (Lipinski definition) is 0. The van der Waals surface area contributed by atoms with Crippen LogP contribution in [0.15, 0.2) is 18.2 Å². The summed E-state index contributed by atoms with van der Waals surface area (Å²) in [4.78, 5) is 31.5. The Labute approximate surface area is 119 Å². The summed E-state index contributed by atoms with van der Waals surface area (Å²) in [6.45, 7) is 2.93. The highest BCUT2D eigenvalue weighted by Crippen LogP contribution is 2.32. The van der Waals surface area contributed by atoms with Gasteiger partial charge in [-0.3, -0.25) is 25.0 Å². The molecule has 0 saturated carbocycles. The number of methoxy groups -OCH3 is 1. The fourth-order valence-electron chi connectivity index (χ4n) is 1.48. The molecule has 0 spiro atoms. The zero-order valence-electron chi connectivity index (χ0n) is 11.7. The first kappa shape index (κ1) is 16.3. The Balaban J connectivity index is 3.01. The molecule has 0 fully saturated rings. The first-order chi connectivity index (χ1) is 9.69. The molecule has 1 aromatic rings. The van der Waals surface area contributed by atoms with Gasteiger partial charge in [0.25, 0.3) is 5.69 Å². The Bertz CT molecular complexity index is 583. The molecule has 0 N–H and O–H groups in total. The van der Waals surface area contributed by atoms with Crippen LogP contribution in [-0.2, 0) is 9.53 Å². The van der Waals surface area contributed by atoms with E-state index in [0.717, 1.165) is 18.2 Å². The van der Waals surface area contributed by atoms with Crippen LogP contribution in [0, 0.1) is 25.6 Å². The van der Waals surface area contributed by atoms with Crippen LogP contribution in [-0.4, -0.2) is 29.5 Å². The lowest BCUT2D eigenvalue weighted by molar-refractivity contribution is -0.394. The number of carbonyl (C=O) groups excluding carboxylic acids is 1. The molecule has 21 heavy (non-hydrogen) atoms. The van der Waals surface area contributed by atoms with E-state index in [-0.39, 0.29) is 12.4 Å². The smallest absolute Gasteiger partial charge is 0.317 e. The van der Waals surface area contributed by atoms with Crippen molar-refractivity contribution in [3.8, 4) is 5.75 Å². The second-order valence-corrected chi connectivity index (χ2v) is 4.83. The molecule has 0 unspecified atom stereocenters. The molecular weight excluding hydrogens is 284 g/mol. The number of nitrogens with zero attached hydrogens (tertiary/aromatic N) is 2. The molecule has 0 heterocycles. The van der Waals surface area contributed by atoms with Crippen LogP contribution in [0.25, 0.3) is 0 Å². The van der Waals surface area contributed by atoms with Crippen LogP contribution in [0.3, 0.4) is 0 Å². The van der Waals surface area contributed by atoms with Gasteiger partial charge < -0.3 is 9.47 Å². The minimum Gasteiger partial charge on any atom is -0.486 e. The molecule has 9 nitrogen and oxygen atoms in total. The Morgan fingerprint density at radius 1 is 1.24 bits per heavy atom. The lowest BCUT2D eigenvalue weighted by Gasteiger charge is -2.21. The van der Waals surface area contributed by atoms with Crippen molar-refractivity contribution in [2.24, 2.45) is 5.41 Å². The quantitative estimate of drug-likeness (QED) is 0.447. The Kier molecular flexibility index (Phi) is 4.79. The molecule has 114 valence electrons. The molecule has 0 aromatic heterocycles. The Morgan fingerprint density at radius 2 is 1.86 bits per heavy atom. The molecule has 0 radical (unpaired) electrons. The highest BCUT2D eigenvalue weighted by Gasteiger charge is 2.31. The van der Waals surface area contributed by atoms with Crippen molar-refractivity contribution < 1.29 is 24.1 Å². The number of nitro benzene ring substituents is 2. The molecule has 0 aliphatic heterocycles. The predicted octanol–water partition coefficient (Wildman–Crippen LogP) is 2.08. The maximum Gasteiger partial charge on any atom is 0.317 e. The zero-order chi connectivity index (χ0) is 16.2. The molecule has 1 aromatic carbocycles. The first-order valence-corrected chi connectivity index (χ1v) is 5.83. The van der Waals surface area contributed by atoms with Crippen LogP contribution in [0.5, 0.6) is 5.75 Å². The van der Waals surface area contributed by atoms with Gasteiger partial charge in [-0.05, 0) is 19.9 Å². The number of ether oxygens (including phenoxy) is 2. The molecule has 0 atom stereocenters. The number of esters is 1. The van der Waals surface area contributed by atoms with Gasteiger partial charge in [0.05, 0.1) is 28.4 Å². The van der Waals surface area contributed by atoms with Gasteiger partial charge >= 0.3 is 11.7 Å². The molecule has 0 aliphatic carbocycles. The monoisotopic (exact) mass is 298 g/mol. The van der Waals surface area contributed by atoms with Crippen LogP contribution < -0.4 is 4.74 Å². The predicted molar refractivity (Wildman–Crippen MR) is 71.0 cm³/mol. The van der Waals surface area contributed by atoms with E-state index in [1.807, 2.05) is 0 Å². The lowest BCUT2D eigenvalue weighted by atomic mass is 9.95. The second-order valence-electron chi connectivity index (χ2n) is 4.83. The molecule has 0 aliphatic rings. The highest BCUT2D eigenvalue weighted by atomic mass is 16.6. The summed E-state index contributed by atoms with van der Waals surface area (Å²) in [6, 6.07) is 3.03. The second kappa shape index (κ2) is 6.16. The van der Waals surface area contributed by atoms with Crippen molar-refractivity contribution in [3.63, 3.8) is 0 Å². The largest absolute Gasteiger partial charge is 0.486 e. The normalized spacial score (nSPS) is 10.8. The van der Waals surface area contributed by atoms with E-state index in [0.29, 0.717) is 0 Å². The maximum absolute atomic E-state index is 11.5.